The number of aliphatic hydroxyl groups is 1. The zero-order valence-electron chi connectivity index (χ0n) is 8.90. The van der Waals surface area contributed by atoms with Gasteiger partial charge in [-0.3, -0.25) is 4.90 Å². The van der Waals surface area contributed by atoms with Gasteiger partial charge in [0.15, 0.2) is 0 Å². The van der Waals surface area contributed by atoms with Crippen molar-refractivity contribution < 1.29 is 5.11 Å². The van der Waals surface area contributed by atoms with E-state index in [4.69, 9.17) is 0 Å². The first-order valence-electron chi connectivity index (χ1n) is 5.20. The van der Waals surface area contributed by atoms with Crippen LogP contribution in [0.3, 0.4) is 0 Å². The molecule has 2 nitrogen and oxygen atoms in total. The van der Waals surface area contributed by atoms with Crippen LogP contribution in [0.1, 0.15) is 33.6 Å². The van der Waals surface area contributed by atoms with E-state index < -0.39 is 0 Å². The van der Waals surface area contributed by atoms with Crippen LogP contribution in [-0.4, -0.2) is 34.7 Å². The smallest absolute Gasteiger partial charge is 0.0569 e. The van der Waals surface area contributed by atoms with Crippen LogP contribution >= 0.6 is 0 Å². The highest BCUT2D eigenvalue weighted by Gasteiger charge is 2.28. The van der Waals surface area contributed by atoms with E-state index in [0.717, 1.165) is 19.4 Å². The molecule has 1 aliphatic heterocycles. The third-order valence-corrected chi connectivity index (χ3v) is 2.91. The second-order valence-corrected chi connectivity index (χ2v) is 4.09. The Labute approximate surface area is 81.2 Å². The zero-order valence-corrected chi connectivity index (χ0v) is 8.90. The lowest BCUT2D eigenvalue weighted by atomic mass is 9.95. The number of allylic oxidation sites excluding steroid dienone is 1. The standard InChI is InChI=1S/C11H21NO/c1-4-5-6-12-9(2)7-11(13)8-10(12)3/h4-5,9-11,13H,6-8H2,1-3H3/b5-4+. The zero-order chi connectivity index (χ0) is 9.84. The molecule has 0 aliphatic carbocycles. The minimum absolute atomic E-state index is 0.0909. The highest BCUT2D eigenvalue weighted by Crippen LogP contribution is 2.22. The van der Waals surface area contributed by atoms with Gasteiger partial charge in [0.25, 0.3) is 0 Å². The van der Waals surface area contributed by atoms with Gasteiger partial charge in [0, 0.05) is 18.6 Å². The van der Waals surface area contributed by atoms with Gasteiger partial charge in [-0.2, -0.15) is 0 Å². The molecule has 0 saturated carbocycles. The Morgan fingerprint density at radius 3 is 2.31 bits per heavy atom. The Hall–Kier alpha value is -0.340. The highest BCUT2D eigenvalue weighted by atomic mass is 16.3. The van der Waals surface area contributed by atoms with E-state index in [1.165, 1.54) is 0 Å². The summed E-state index contributed by atoms with van der Waals surface area (Å²) in [4.78, 5) is 2.45. The summed E-state index contributed by atoms with van der Waals surface area (Å²) in [5, 5.41) is 9.55. The average Bonchev–Trinajstić information content (AvgIpc) is 2.02. The van der Waals surface area contributed by atoms with Gasteiger partial charge >= 0.3 is 0 Å². The molecule has 13 heavy (non-hydrogen) atoms. The maximum absolute atomic E-state index is 9.55. The first kappa shape index (κ1) is 10.7. The third kappa shape index (κ3) is 2.82. The summed E-state index contributed by atoms with van der Waals surface area (Å²) in [6, 6.07) is 1.02. The first-order chi connectivity index (χ1) is 6.15. The molecule has 2 atom stereocenters. The van der Waals surface area contributed by atoms with Gasteiger partial charge in [-0.05, 0) is 33.6 Å². The number of aliphatic hydroxyl groups excluding tert-OH is 1. The monoisotopic (exact) mass is 183 g/mol. The summed E-state index contributed by atoms with van der Waals surface area (Å²) in [7, 11) is 0. The molecular formula is C11H21NO. The number of piperidine rings is 1. The Morgan fingerprint density at radius 1 is 1.31 bits per heavy atom. The molecule has 1 saturated heterocycles. The summed E-state index contributed by atoms with van der Waals surface area (Å²) in [6.07, 6.45) is 6.02. The van der Waals surface area contributed by atoms with Crippen LogP contribution in [0.15, 0.2) is 12.2 Å². The van der Waals surface area contributed by atoms with Crippen molar-refractivity contribution in [3.05, 3.63) is 12.2 Å². The lowest BCUT2D eigenvalue weighted by Crippen LogP contribution is -2.48. The van der Waals surface area contributed by atoms with Crippen molar-refractivity contribution in [2.45, 2.75) is 51.8 Å². The minimum atomic E-state index is -0.0909. The fourth-order valence-electron chi connectivity index (χ4n) is 2.18. The molecular weight excluding hydrogens is 162 g/mol. The molecule has 1 rings (SSSR count). The topological polar surface area (TPSA) is 23.5 Å². The predicted octanol–water partition coefficient (Wildman–Crippen LogP) is 1.80. The van der Waals surface area contributed by atoms with Gasteiger partial charge in [-0.15, -0.1) is 0 Å². The molecule has 0 spiro atoms. The van der Waals surface area contributed by atoms with Crippen molar-refractivity contribution in [3.8, 4) is 0 Å². The van der Waals surface area contributed by atoms with E-state index in [1.54, 1.807) is 0 Å². The highest BCUT2D eigenvalue weighted by molar-refractivity contribution is 4.90. The SMILES string of the molecule is C/C=C/CN1C(C)CC(O)CC1C. The van der Waals surface area contributed by atoms with Crippen molar-refractivity contribution in [3.63, 3.8) is 0 Å². The summed E-state index contributed by atoms with van der Waals surface area (Å²) in [5.41, 5.74) is 0. The van der Waals surface area contributed by atoms with Crippen LogP contribution in [0.2, 0.25) is 0 Å². The van der Waals surface area contributed by atoms with E-state index in [-0.39, 0.29) is 6.10 Å². The molecule has 0 aromatic heterocycles. The summed E-state index contributed by atoms with van der Waals surface area (Å²) >= 11 is 0. The average molecular weight is 183 g/mol. The molecule has 1 heterocycles. The Balaban J connectivity index is 2.51. The van der Waals surface area contributed by atoms with Crippen molar-refractivity contribution >= 4 is 0 Å². The van der Waals surface area contributed by atoms with Crippen molar-refractivity contribution in [1.82, 2.24) is 4.90 Å². The minimum Gasteiger partial charge on any atom is -0.393 e. The Morgan fingerprint density at radius 2 is 1.85 bits per heavy atom. The molecule has 2 unspecified atom stereocenters. The summed E-state index contributed by atoms with van der Waals surface area (Å²) in [6.45, 7) is 7.46. The van der Waals surface area contributed by atoms with Crippen LogP contribution in [0.25, 0.3) is 0 Å². The molecule has 0 radical (unpaired) electrons. The molecule has 1 N–H and O–H groups in total. The van der Waals surface area contributed by atoms with Crippen LogP contribution < -0.4 is 0 Å². The largest absolute Gasteiger partial charge is 0.393 e. The van der Waals surface area contributed by atoms with Crippen molar-refractivity contribution in [2.24, 2.45) is 0 Å². The first-order valence-corrected chi connectivity index (χ1v) is 5.20. The van der Waals surface area contributed by atoms with E-state index in [0.29, 0.717) is 12.1 Å². The second-order valence-electron chi connectivity index (χ2n) is 4.09. The number of hydrogen-bond donors (Lipinski definition) is 1. The van der Waals surface area contributed by atoms with Crippen LogP contribution in [-0.2, 0) is 0 Å². The van der Waals surface area contributed by atoms with Gasteiger partial charge in [-0.25, -0.2) is 0 Å². The number of rotatable bonds is 2. The number of hydrogen-bond acceptors (Lipinski definition) is 2. The van der Waals surface area contributed by atoms with Gasteiger partial charge in [0.05, 0.1) is 6.10 Å². The van der Waals surface area contributed by atoms with E-state index in [1.807, 2.05) is 6.92 Å². The number of likely N-dealkylation sites (tertiary alicyclic amines) is 1. The molecule has 1 fully saturated rings. The molecule has 76 valence electrons. The van der Waals surface area contributed by atoms with Gasteiger partial charge in [0.2, 0.25) is 0 Å². The van der Waals surface area contributed by atoms with Gasteiger partial charge < -0.3 is 5.11 Å². The Kier molecular flexibility index (Phi) is 3.94. The van der Waals surface area contributed by atoms with Crippen molar-refractivity contribution in [2.75, 3.05) is 6.54 Å². The van der Waals surface area contributed by atoms with Crippen molar-refractivity contribution in [1.29, 1.82) is 0 Å². The maximum Gasteiger partial charge on any atom is 0.0569 e. The molecule has 0 aromatic rings. The molecule has 1 aliphatic rings. The van der Waals surface area contributed by atoms with E-state index in [2.05, 4.69) is 30.9 Å². The van der Waals surface area contributed by atoms with E-state index in [9.17, 15) is 5.11 Å². The van der Waals surface area contributed by atoms with Crippen LogP contribution in [0, 0.1) is 0 Å². The lowest BCUT2D eigenvalue weighted by molar-refractivity contribution is 0.0203. The van der Waals surface area contributed by atoms with Crippen LogP contribution in [0.4, 0.5) is 0 Å². The Bertz CT molecular complexity index is 167. The maximum atomic E-state index is 9.55. The van der Waals surface area contributed by atoms with Gasteiger partial charge in [0.1, 0.15) is 0 Å². The molecule has 0 aromatic carbocycles. The summed E-state index contributed by atoms with van der Waals surface area (Å²) in [5.74, 6) is 0. The van der Waals surface area contributed by atoms with Gasteiger partial charge in [-0.1, -0.05) is 12.2 Å². The number of nitrogens with zero attached hydrogens (tertiary/aromatic N) is 1. The molecule has 0 amide bonds. The predicted molar refractivity (Wildman–Crippen MR) is 55.7 cm³/mol. The fourth-order valence-corrected chi connectivity index (χ4v) is 2.18. The normalized spacial score (nSPS) is 37.1. The molecule has 2 heteroatoms. The van der Waals surface area contributed by atoms with Crippen LogP contribution in [0.5, 0.6) is 0 Å². The molecule has 0 bridgehead atoms. The second kappa shape index (κ2) is 4.77. The lowest BCUT2D eigenvalue weighted by Gasteiger charge is -2.40. The quantitative estimate of drug-likeness (QED) is 0.660. The fraction of sp³-hybridized carbons (Fsp3) is 0.818. The third-order valence-electron chi connectivity index (χ3n) is 2.91. The van der Waals surface area contributed by atoms with E-state index >= 15 is 0 Å². The summed E-state index contributed by atoms with van der Waals surface area (Å²) < 4.78 is 0.